The fourth-order valence-corrected chi connectivity index (χ4v) is 4.02. The highest BCUT2D eigenvalue weighted by Gasteiger charge is 2.25. The van der Waals surface area contributed by atoms with Crippen molar-refractivity contribution in [3.63, 3.8) is 0 Å². The highest BCUT2D eigenvalue weighted by atomic mass is 16.2. The van der Waals surface area contributed by atoms with Crippen LogP contribution in [0.1, 0.15) is 84.6 Å². The minimum atomic E-state index is -0.289. The van der Waals surface area contributed by atoms with Crippen LogP contribution in [0.2, 0.25) is 0 Å². The molecule has 2 aromatic carbocycles. The molecular weight excluding hydrogens is 348 g/mol. The standard InChI is InChI=1S/C24H32N2O2/c1-2-3-4-8-16-25-17-9-6-5-7-11-18-14-15-21-22-19(18)12-10-13-20(22)23(27)26-24(21)28/h10,12-15,25H,2-9,11,16-17H2,1H3,(H,26,27,28). The van der Waals surface area contributed by atoms with Crippen molar-refractivity contribution in [2.75, 3.05) is 13.1 Å². The van der Waals surface area contributed by atoms with Gasteiger partial charge in [0.25, 0.3) is 11.8 Å². The van der Waals surface area contributed by atoms with Crippen LogP contribution in [-0.4, -0.2) is 24.9 Å². The Balaban J connectivity index is 1.46. The molecule has 0 saturated carbocycles. The predicted molar refractivity (Wildman–Crippen MR) is 115 cm³/mol. The second-order valence-corrected chi connectivity index (χ2v) is 7.76. The third-order valence-corrected chi connectivity index (χ3v) is 5.60. The first-order valence-corrected chi connectivity index (χ1v) is 10.8. The Labute approximate surface area is 168 Å². The predicted octanol–water partition coefficient (Wildman–Crippen LogP) is 5.00. The van der Waals surface area contributed by atoms with E-state index < -0.39 is 0 Å². The lowest BCUT2D eigenvalue weighted by Gasteiger charge is -2.18. The second-order valence-electron chi connectivity index (χ2n) is 7.76. The topological polar surface area (TPSA) is 58.2 Å². The Kier molecular flexibility index (Phi) is 7.61. The minimum absolute atomic E-state index is 0.289. The van der Waals surface area contributed by atoms with Gasteiger partial charge in [-0.25, -0.2) is 0 Å². The maximum absolute atomic E-state index is 12.1. The van der Waals surface area contributed by atoms with E-state index in [9.17, 15) is 9.59 Å². The molecule has 1 aliphatic rings. The van der Waals surface area contributed by atoms with Crippen molar-refractivity contribution in [2.45, 2.75) is 64.7 Å². The number of rotatable bonds is 12. The maximum Gasteiger partial charge on any atom is 0.258 e. The average molecular weight is 381 g/mol. The molecule has 2 amide bonds. The lowest BCUT2D eigenvalue weighted by molar-refractivity contribution is 0.0845. The van der Waals surface area contributed by atoms with Crippen molar-refractivity contribution in [3.05, 3.63) is 47.0 Å². The van der Waals surface area contributed by atoms with Gasteiger partial charge in [0, 0.05) is 16.5 Å². The molecular formula is C24H32N2O2. The first kappa shape index (κ1) is 20.5. The number of imide groups is 1. The third-order valence-electron chi connectivity index (χ3n) is 5.60. The van der Waals surface area contributed by atoms with Crippen LogP contribution in [0.5, 0.6) is 0 Å². The molecule has 150 valence electrons. The van der Waals surface area contributed by atoms with Gasteiger partial charge >= 0.3 is 0 Å². The summed E-state index contributed by atoms with van der Waals surface area (Å²) in [5.74, 6) is -0.579. The van der Waals surface area contributed by atoms with E-state index in [0.29, 0.717) is 11.1 Å². The fraction of sp³-hybridized carbons (Fsp3) is 0.500. The summed E-state index contributed by atoms with van der Waals surface area (Å²) in [6.45, 7) is 4.51. The van der Waals surface area contributed by atoms with E-state index in [1.807, 2.05) is 18.2 Å². The highest BCUT2D eigenvalue weighted by molar-refractivity contribution is 6.25. The van der Waals surface area contributed by atoms with Gasteiger partial charge < -0.3 is 5.32 Å². The Morgan fingerprint density at radius 1 is 0.786 bits per heavy atom. The Bertz CT molecular complexity index is 808. The molecule has 1 heterocycles. The summed E-state index contributed by atoms with van der Waals surface area (Å²) in [6, 6.07) is 9.66. The Morgan fingerprint density at radius 2 is 1.46 bits per heavy atom. The van der Waals surface area contributed by atoms with Gasteiger partial charge in [-0.2, -0.15) is 0 Å². The number of nitrogens with one attached hydrogen (secondary N) is 2. The quantitative estimate of drug-likeness (QED) is 0.402. The molecule has 0 aromatic heterocycles. The molecule has 2 N–H and O–H groups in total. The molecule has 0 saturated heterocycles. The summed E-state index contributed by atoms with van der Waals surface area (Å²) >= 11 is 0. The van der Waals surface area contributed by atoms with E-state index in [-0.39, 0.29) is 11.8 Å². The van der Waals surface area contributed by atoms with Crippen molar-refractivity contribution < 1.29 is 9.59 Å². The zero-order valence-corrected chi connectivity index (χ0v) is 17.0. The number of aryl methyl sites for hydroxylation is 1. The van der Waals surface area contributed by atoms with Crippen molar-refractivity contribution in [1.29, 1.82) is 0 Å². The summed E-state index contributed by atoms with van der Waals surface area (Å²) in [5.41, 5.74) is 2.45. The molecule has 0 bridgehead atoms. The van der Waals surface area contributed by atoms with Crippen molar-refractivity contribution in [2.24, 2.45) is 0 Å². The lowest BCUT2D eigenvalue weighted by Crippen LogP contribution is -2.34. The van der Waals surface area contributed by atoms with E-state index in [2.05, 4.69) is 23.6 Å². The Morgan fingerprint density at radius 3 is 2.21 bits per heavy atom. The molecule has 2 aromatic rings. The molecule has 4 nitrogen and oxygen atoms in total. The molecule has 0 radical (unpaired) electrons. The molecule has 1 aliphatic heterocycles. The van der Waals surface area contributed by atoms with E-state index in [4.69, 9.17) is 0 Å². The van der Waals surface area contributed by atoms with E-state index in [0.717, 1.165) is 36.7 Å². The van der Waals surface area contributed by atoms with Crippen LogP contribution in [0.4, 0.5) is 0 Å². The van der Waals surface area contributed by atoms with Gasteiger partial charge in [-0.05, 0) is 61.9 Å². The zero-order chi connectivity index (χ0) is 19.8. The zero-order valence-electron chi connectivity index (χ0n) is 17.0. The number of carbonyl (C=O) groups excluding carboxylic acids is 2. The van der Waals surface area contributed by atoms with Crippen LogP contribution >= 0.6 is 0 Å². The van der Waals surface area contributed by atoms with E-state index in [1.54, 1.807) is 6.07 Å². The summed E-state index contributed by atoms with van der Waals surface area (Å²) in [4.78, 5) is 24.2. The van der Waals surface area contributed by atoms with Crippen LogP contribution in [0.15, 0.2) is 30.3 Å². The molecule has 3 rings (SSSR count). The summed E-state index contributed by atoms with van der Waals surface area (Å²) in [6.07, 6.45) is 11.1. The van der Waals surface area contributed by atoms with E-state index >= 15 is 0 Å². The van der Waals surface area contributed by atoms with Crippen molar-refractivity contribution in [3.8, 4) is 0 Å². The van der Waals surface area contributed by atoms with Gasteiger partial charge in [0.15, 0.2) is 0 Å². The summed E-state index contributed by atoms with van der Waals surface area (Å²) < 4.78 is 0. The van der Waals surface area contributed by atoms with Crippen molar-refractivity contribution >= 4 is 22.6 Å². The van der Waals surface area contributed by atoms with Crippen LogP contribution in [-0.2, 0) is 6.42 Å². The molecule has 0 unspecified atom stereocenters. The first-order valence-electron chi connectivity index (χ1n) is 10.8. The molecule has 0 aliphatic carbocycles. The molecule has 0 spiro atoms. The van der Waals surface area contributed by atoms with E-state index in [1.165, 1.54) is 50.5 Å². The monoisotopic (exact) mass is 380 g/mol. The fourth-order valence-electron chi connectivity index (χ4n) is 4.02. The number of hydrogen-bond acceptors (Lipinski definition) is 3. The van der Waals surface area contributed by atoms with Crippen molar-refractivity contribution in [1.82, 2.24) is 10.6 Å². The average Bonchev–Trinajstić information content (AvgIpc) is 2.70. The largest absolute Gasteiger partial charge is 0.317 e. The van der Waals surface area contributed by atoms with Gasteiger partial charge in [0.2, 0.25) is 0 Å². The molecule has 28 heavy (non-hydrogen) atoms. The first-order chi connectivity index (χ1) is 13.7. The lowest BCUT2D eigenvalue weighted by atomic mass is 9.90. The number of hydrogen-bond donors (Lipinski definition) is 2. The number of unbranched alkanes of at least 4 members (excludes halogenated alkanes) is 6. The van der Waals surface area contributed by atoms with Gasteiger partial charge in [0.1, 0.15) is 0 Å². The highest BCUT2D eigenvalue weighted by Crippen LogP contribution is 2.30. The number of benzene rings is 2. The molecule has 4 heteroatoms. The smallest absolute Gasteiger partial charge is 0.258 e. The summed E-state index contributed by atoms with van der Waals surface area (Å²) in [7, 11) is 0. The second kappa shape index (κ2) is 10.4. The number of amides is 2. The van der Waals surface area contributed by atoms with Gasteiger partial charge in [0.05, 0.1) is 0 Å². The van der Waals surface area contributed by atoms with Crippen LogP contribution in [0, 0.1) is 0 Å². The normalized spacial score (nSPS) is 13.2. The minimum Gasteiger partial charge on any atom is -0.317 e. The van der Waals surface area contributed by atoms with Crippen LogP contribution in [0.3, 0.4) is 0 Å². The van der Waals surface area contributed by atoms with Gasteiger partial charge in [-0.1, -0.05) is 57.2 Å². The van der Waals surface area contributed by atoms with Gasteiger partial charge in [-0.3, -0.25) is 14.9 Å². The third kappa shape index (κ3) is 4.99. The SMILES string of the molecule is CCCCCCNCCCCCCc1ccc2c3c(cccc13)C(=O)NC2=O. The number of carbonyl (C=O) groups is 2. The Hall–Kier alpha value is -2.20. The van der Waals surface area contributed by atoms with Gasteiger partial charge in [-0.15, -0.1) is 0 Å². The maximum atomic E-state index is 12.1. The molecule has 0 fully saturated rings. The molecule has 0 atom stereocenters. The van der Waals surface area contributed by atoms with Crippen LogP contribution in [0.25, 0.3) is 10.8 Å². The summed E-state index contributed by atoms with van der Waals surface area (Å²) in [5, 5.41) is 7.83. The van der Waals surface area contributed by atoms with Crippen LogP contribution < -0.4 is 10.6 Å².